The van der Waals surface area contributed by atoms with Gasteiger partial charge in [-0.2, -0.15) is 0 Å². The minimum Gasteiger partial charge on any atom is -0.367 e. The lowest BCUT2D eigenvalue weighted by atomic mass is 10.0. The number of aromatic amines is 1. The molecule has 0 saturated carbocycles. The van der Waals surface area contributed by atoms with Crippen LogP contribution in [0.3, 0.4) is 0 Å². The van der Waals surface area contributed by atoms with E-state index in [-0.39, 0.29) is 17.9 Å². The molecule has 0 spiro atoms. The molecule has 0 unspecified atom stereocenters. The van der Waals surface area contributed by atoms with Gasteiger partial charge >= 0.3 is 0 Å². The van der Waals surface area contributed by atoms with E-state index in [0.29, 0.717) is 17.9 Å². The number of likely N-dealkylation sites (tertiary alicyclic amines) is 1. The standard InChI is InChI=1S/C15H23N3O2/c1-11(2)9-14(19)18-7-4-13(5-8-18)17-15(20)12-3-6-16-10-12/h3,6,10-11,13,16H,4-5,7-9H2,1-2H3,(H,17,20). The molecule has 0 aromatic carbocycles. The lowest BCUT2D eigenvalue weighted by Crippen LogP contribution is -2.46. The summed E-state index contributed by atoms with van der Waals surface area (Å²) in [4.78, 5) is 28.7. The highest BCUT2D eigenvalue weighted by Crippen LogP contribution is 2.14. The Morgan fingerprint density at radius 1 is 1.40 bits per heavy atom. The van der Waals surface area contributed by atoms with Crippen LogP contribution in [0.2, 0.25) is 0 Å². The molecule has 1 aromatic heterocycles. The molecule has 0 aliphatic carbocycles. The van der Waals surface area contributed by atoms with Crippen molar-refractivity contribution in [2.45, 2.75) is 39.2 Å². The summed E-state index contributed by atoms with van der Waals surface area (Å²) in [5.41, 5.74) is 0.656. The first-order valence-corrected chi connectivity index (χ1v) is 7.27. The molecule has 2 amide bonds. The predicted octanol–water partition coefficient (Wildman–Crippen LogP) is 1.78. The van der Waals surface area contributed by atoms with Crippen molar-refractivity contribution in [3.63, 3.8) is 0 Å². The van der Waals surface area contributed by atoms with Gasteiger partial charge in [0.2, 0.25) is 5.91 Å². The van der Waals surface area contributed by atoms with Gasteiger partial charge in [0.15, 0.2) is 0 Å². The van der Waals surface area contributed by atoms with Gasteiger partial charge < -0.3 is 15.2 Å². The molecule has 0 atom stereocenters. The van der Waals surface area contributed by atoms with Gasteiger partial charge in [-0.25, -0.2) is 0 Å². The van der Waals surface area contributed by atoms with Crippen molar-refractivity contribution in [3.8, 4) is 0 Å². The van der Waals surface area contributed by atoms with Crippen LogP contribution in [0.25, 0.3) is 0 Å². The van der Waals surface area contributed by atoms with Crippen LogP contribution in [0.1, 0.15) is 43.5 Å². The lowest BCUT2D eigenvalue weighted by molar-refractivity contribution is -0.133. The van der Waals surface area contributed by atoms with Crippen LogP contribution in [-0.4, -0.2) is 40.8 Å². The van der Waals surface area contributed by atoms with Gasteiger partial charge in [0.05, 0.1) is 5.56 Å². The number of rotatable bonds is 4. The van der Waals surface area contributed by atoms with E-state index in [0.717, 1.165) is 25.9 Å². The Morgan fingerprint density at radius 2 is 2.10 bits per heavy atom. The number of piperidine rings is 1. The topological polar surface area (TPSA) is 65.2 Å². The number of amides is 2. The van der Waals surface area contributed by atoms with E-state index in [2.05, 4.69) is 24.1 Å². The fourth-order valence-corrected chi connectivity index (χ4v) is 2.49. The van der Waals surface area contributed by atoms with Gasteiger partial charge in [-0.1, -0.05) is 13.8 Å². The zero-order valence-electron chi connectivity index (χ0n) is 12.2. The van der Waals surface area contributed by atoms with Gasteiger partial charge in [-0.3, -0.25) is 9.59 Å². The van der Waals surface area contributed by atoms with E-state index in [4.69, 9.17) is 0 Å². The number of carbonyl (C=O) groups excluding carboxylic acids is 2. The third-order valence-electron chi connectivity index (χ3n) is 3.63. The second-order valence-electron chi connectivity index (χ2n) is 5.83. The molecule has 20 heavy (non-hydrogen) atoms. The quantitative estimate of drug-likeness (QED) is 0.881. The van der Waals surface area contributed by atoms with Crippen LogP contribution in [0.5, 0.6) is 0 Å². The molecule has 110 valence electrons. The zero-order valence-corrected chi connectivity index (χ0v) is 12.2. The highest BCUT2D eigenvalue weighted by atomic mass is 16.2. The monoisotopic (exact) mass is 277 g/mol. The second kappa shape index (κ2) is 6.59. The van der Waals surface area contributed by atoms with E-state index >= 15 is 0 Å². The summed E-state index contributed by atoms with van der Waals surface area (Å²) in [7, 11) is 0. The first kappa shape index (κ1) is 14.6. The van der Waals surface area contributed by atoms with E-state index < -0.39 is 0 Å². The Morgan fingerprint density at radius 3 is 2.65 bits per heavy atom. The summed E-state index contributed by atoms with van der Waals surface area (Å²) in [5, 5.41) is 3.02. The number of carbonyl (C=O) groups is 2. The fraction of sp³-hybridized carbons (Fsp3) is 0.600. The first-order valence-electron chi connectivity index (χ1n) is 7.27. The number of nitrogens with zero attached hydrogens (tertiary/aromatic N) is 1. The Bertz CT molecular complexity index is 446. The molecular formula is C15H23N3O2. The number of nitrogens with one attached hydrogen (secondary N) is 2. The van der Waals surface area contributed by atoms with Crippen molar-refractivity contribution < 1.29 is 9.59 Å². The molecule has 5 heteroatoms. The summed E-state index contributed by atoms with van der Waals surface area (Å²) in [5.74, 6) is 0.585. The molecule has 1 aromatic rings. The molecule has 1 fully saturated rings. The maximum Gasteiger partial charge on any atom is 0.253 e. The van der Waals surface area contributed by atoms with Crippen molar-refractivity contribution in [2.75, 3.05) is 13.1 Å². The fourth-order valence-electron chi connectivity index (χ4n) is 2.49. The summed E-state index contributed by atoms with van der Waals surface area (Å²) < 4.78 is 0. The second-order valence-corrected chi connectivity index (χ2v) is 5.83. The first-order chi connectivity index (χ1) is 9.56. The SMILES string of the molecule is CC(C)CC(=O)N1CCC(NC(=O)c2cc[nH]c2)CC1. The van der Waals surface area contributed by atoms with Crippen LogP contribution in [0.15, 0.2) is 18.5 Å². The molecule has 1 aliphatic heterocycles. The third-order valence-corrected chi connectivity index (χ3v) is 3.63. The average Bonchev–Trinajstić information content (AvgIpc) is 2.92. The Kier molecular flexibility index (Phi) is 4.82. The average molecular weight is 277 g/mol. The number of aromatic nitrogens is 1. The number of hydrogen-bond donors (Lipinski definition) is 2. The van der Waals surface area contributed by atoms with Crippen LogP contribution in [-0.2, 0) is 4.79 Å². The summed E-state index contributed by atoms with van der Waals surface area (Å²) in [6.07, 6.45) is 5.71. The molecule has 0 bridgehead atoms. The van der Waals surface area contributed by atoms with Crippen LogP contribution in [0, 0.1) is 5.92 Å². The molecule has 2 N–H and O–H groups in total. The van der Waals surface area contributed by atoms with Crippen molar-refractivity contribution in [3.05, 3.63) is 24.0 Å². The largest absolute Gasteiger partial charge is 0.367 e. The molecule has 1 saturated heterocycles. The van der Waals surface area contributed by atoms with Gasteiger partial charge in [0.25, 0.3) is 5.91 Å². The third kappa shape index (κ3) is 3.85. The van der Waals surface area contributed by atoms with Gasteiger partial charge in [0.1, 0.15) is 0 Å². The van der Waals surface area contributed by atoms with Crippen LogP contribution >= 0.6 is 0 Å². The van der Waals surface area contributed by atoms with Crippen LogP contribution in [0.4, 0.5) is 0 Å². The molecule has 1 aliphatic rings. The summed E-state index contributed by atoms with van der Waals surface area (Å²) in [6.45, 7) is 5.59. The predicted molar refractivity (Wildman–Crippen MR) is 77.3 cm³/mol. The number of H-pyrrole nitrogens is 1. The zero-order chi connectivity index (χ0) is 14.5. The minimum atomic E-state index is -0.0433. The van der Waals surface area contributed by atoms with Crippen molar-refractivity contribution >= 4 is 11.8 Å². The maximum absolute atomic E-state index is 12.0. The van der Waals surface area contributed by atoms with E-state index in [1.165, 1.54) is 0 Å². The van der Waals surface area contributed by atoms with Gasteiger partial charge in [-0.05, 0) is 24.8 Å². The lowest BCUT2D eigenvalue weighted by Gasteiger charge is -2.32. The van der Waals surface area contributed by atoms with E-state index in [1.807, 2.05) is 4.90 Å². The number of hydrogen-bond acceptors (Lipinski definition) is 2. The highest BCUT2D eigenvalue weighted by molar-refractivity contribution is 5.94. The van der Waals surface area contributed by atoms with Gasteiger partial charge in [-0.15, -0.1) is 0 Å². The van der Waals surface area contributed by atoms with Crippen molar-refractivity contribution in [2.24, 2.45) is 5.92 Å². The van der Waals surface area contributed by atoms with E-state index in [9.17, 15) is 9.59 Å². The highest BCUT2D eigenvalue weighted by Gasteiger charge is 2.24. The Labute approximate surface area is 119 Å². The smallest absolute Gasteiger partial charge is 0.253 e. The molecule has 0 radical (unpaired) electrons. The molecule has 2 rings (SSSR count). The molecule has 2 heterocycles. The molecular weight excluding hydrogens is 254 g/mol. The van der Waals surface area contributed by atoms with Crippen molar-refractivity contribution in [1.29, 1.82) is 0 Å². The maximum atomic E-state index is 12.0. The summed E-state index contributed by atoms with van der Waals surface area (Å²) >= 11 is 0. The molecule has 5 nitrogen and oxygen atoms in total. The Hall–Kier alpha value is -1.78. The Balaban J connectivity index is 1.77. The van der Waals surface area contributed by atoms with E-state index in [1.54, 1.807) is 18.5 Å². The minimum absolute atomic E-state index is 0.0433. The normalized spacial score (nSPS) is 16.4. The van der Waals surface area contributed by atoms with Gasteiger partial charge in [0, 0.05) is 37.9 Å². The van der Waals surface area contributed by atoms with Crippen LogP contribution < -0.4 is 5.32 Å². The van der Waals surface area contributed by atoms with Crippen molar-refractivity contribution in [1.82, 2.24) is 15.2 Å². The summed E-state index contributed by atoms with van der Waals surface area (Å²) in [6, 6.07) is 1.93.